The number of carbonyl (C=O) groups is 3. The second-order valence-electron chi connectivity index (χ2n) is 8.02. The quantitative estimate of drug-likeness (QED) is 0.668. The number of hydrogen-bond donors (Lipinski definition) is 2. The fourth-order valence-corrected chi connectivity index (χ4v) is 4.15. The van der Waals surface area contributed by atoms with Crippen molar-refractivity contribution < 1.29 is 27.6 Å². The maximum absolute atomic E-state index is 14.1. The number of nitrogens with zero attached hydrogens (tertiary/aromatic N) is 3. The van der Waals surface area contributed by atoms with Crippen LogP contribution in [0.5, 0.6) is 0 Å². The van der Waals surface area contributed by atoms with Crippen molar-refractivity contribution in [1.29, 1.82) is 0 Å². The van der Waals surface area contributed by atoms with Crippen molar-refractivity contribution in [3.05, 3.63) is 60.3 Å². The van der Waals surface area contributed by atoms with E-state index in [0.29, 0.717) is 36.6 Å². The van der Waals surface area contributed by atoms with Crippen LogP contribution in [0.3, 0.4) is 0 Å². The summed E-state index contributed by atoms with van der Waals surface area (Å²) < 4.78 is 42.2. The summed E-state index contributed by atoms with van der Waals surface area (Å²) in [5.74, 6) is -1.41. The first kappa shape index (κ1) is 22.7. The zero-order valence-electron chi connectivity index (χ0n) is 17.5. The molecule has 2 aliphatic rings. The second kappa shape index (κ2) is 8.81. The van der Waals surface area contributed by atoms with E-state index in [9.17, 15) is 27.6 Å². The number of aromatic nitrogens is 1. The minimum absolute atomic E-state index is 0.191. The van der Waals surface area contributed by atoms with Crippen LogP contribution in [0.25, 0.3) is 0 Å². The van der Waals surface area contributed by atoms with Crippen LogP contribution < -0.4 is 10.6 Å². The Bertz CT molecular complexity index is 1030. The molecule has 2 aromatic rings. The van der Waals surface area contributed by atoms with E-state index >= 15 is 0 Å². The molecule has 0 bridgehead atoms. The van der Waals surface area contributed by atoms with Crippen LogP contribution in [-0.2, 0) is 15.1 Å². The lowest BCUT2D eigenvalue weighted by Crippen LogP contribution is -2.56. The number of amides is 4. The highest BCUT2D eigenvalue weighted by atomic mass is 19.4. The molecule has 2 fully saturated rings. The molecule has 4 amide bonds. The fourth-order valence-electron chi connectivity index (χ4n) is 4.15. The van der Waals surface area contributed by atoms with E-state index < -0.39 is 23.7 Å². The largest absolute Gasteiger partial charge is 0.425 e. The molecule has 0 radical (unpaired) electrons. The molecule has 0 aliphatic carbocycles. The molecule has 2 N–H and O–H groups in total. The number of pyridine rings is 1. The molecular weight excluding hydrogens is 439 g/mol. The van der Waals surface area contributed by atoms with Crippen LogP contribution in [0.1, 0.15) is 18.4 Å². The van der Waals surface area contributed by atoms with Crippen molar-refractivity contribution in [1.82, 2.24) is 20.1 Å². The van der Waals surface area contributed by atoms with E-state index in [1.807, 2.05) is 5.32 Å². The summed E-state index contributed by atoms with van der Waals surface area (Å²) in [6.07, 6.45) is -2.59. The van der Waals surface area contributed by atoms with Gasteiger partial charge in [0.25, 0.3) is 5.91 Å². The summed E-state index contributed by atoms with van der Waals surface area (Å²) in [6, 6.07) is 10.7. The van der Waals surface area contributed by atoms with E-state index in [0.717, 1.165) is 0 Å². The third kappa shape index (κ3) is 4.28. The number of anilines is 1. The van der Waals surface area contributed by atoms with Gasteiger partial charge < -0.3 is 10.6 Å². The molecule has 0 spiro atoms. The van der Waals surface area contributed by atoms with Crippen molar-refractivity contribution in [2.75, 3.05) is 25.1 Å². The van der Waals surface area contributed by atoms with Crippen LogP contribution in [0.15, 0.2) is 54.7 Å². The Labute approximate surface area is 187 Å². The molecule has 2 saturated heterocycles. The van der Waals surface area contributed by atoms with Gasteiger partial charge in [-0.1, -0.05) is 36.4 Å². The van der Waals surface area contributed by atoms with Gasteiger partial charge in [-0.2, -0.15) is 13.2 Å². The van der Waals surface area contributed by atoms with Crippen molar-refractivity contribution >= 4 is 23.7 Å². The van der Waals surface area contributed by atoms with Gasteiger partial charge in [-0.3, -0.25) is 14.5 Å². The summed E-state index contributed by atoms with van der Waals surface area (Å²) in [4.78, 5) is 44.2. The van der Waals surface area contributed by atoms with Gasteiger partial charge in [-0.15, -0.1) is 0 Å². The molecule has 174 valence electrons. The number of carbonyl (C=O) groups excluding carboxylic acids is 3. The predicted octanol–water partition coefficient (Wildman–Crippen LogP) is 2.70. The van der Waals surface area contributed by atoms with E-state index in [2.05, 4.69) is 10.3 Å². The minimum Gasteiger partial charge on any atom is -0.312 e. The van der Waals surface area contributed by atoms with E-state index in [4.69, 9.17) is 0 Å². The third-order valence-corrected chi connectivity index (χ3v) is 5.95. The summed E-state index contributed by atoms with van der Waals surface area (Å²) in [7, 11) is 0. The highest BCUT2D eigenvalue weighted by Gasteiger charge is 2.68. The van der Waals surface area contributed by atoms with E-state index in [1.165, 1.54) is 30.3 Å². The Hall–Kier alpha value is -3.47. The minimum atomic E-state index is -5.02. The van der Waals surface area contributed by atoms with Gasteiger partial charge in [0.05, 0.1) is 6.67 Å². The predicted molar refractivity (Wildman–Crippen MR) is 112 cm³/mol. The topological polar surface area (TPSA) is 94.6 Å². The molecule has 3 heterocycles. The van der Waals surface area contributed by atoms with Crippen molar-refractivity contribution in [3.63, 3.8) is 0 Å². The monoisotopic (exact) mass is 461 g/mol. The van der Waals surface area contributed by atoms with Gasteiger partial charge in [-0.25, -0.2) is 14.7 Å². The average molecular weight is 461 g/mol. The van der Waals surface area contributed by atoms with Gasteiger partial charge in [0.1, 0.15) is 5.82 Å². The lowest BCUT2D eigenvalue weighted by molar-refractivity contribution is -0.198. The number of piperidine rings is 1. The van der Waals surface area contributed by atoms with E-state index in [-0.39, 0.29) is 24.1 Å². The first-order chi connectivity index (χ1) is 15.7. The summed E-state index contributed by atoms with van der Waals surface area (Å²) >= 11 is 0. The molecule has 4 rings (SSSR count). The molecule has 1 aromatic heterocycles. The van der Waals surface area contributed by atoms with Gasteiger partial charge in [-0.05, 0) is 30.5 Å². The maximum Gasteiger partial charge on any atom is 0.425 e. The number of rotatable bonds is 5. The van der Waals surface area contributed by atoms with Gasteiger partial charge in [0, 0.05) is 25.2 Å². The number of likely N-dealkylation sites (tertiary alicyclic amines) is 1. The fraction of sp³-hybridized carbons (Fsp3) is 0.364. The van der Waals surface area contributed by atoms with Crippen LogP contribution in [0, 0.1) is 5.92 Å². The van der Waals surface area contributed by atoms with E-state index in [1.54, 1.807) is 29.3 Å². The average Bonchev–Trinajstić information content (AvgIpc) is 3.06. The highest BCUT2D eigenvalue weighted by Crippen LogP contribution is 2.43. The Morgan fingerprint density at radius 1 is 1.09 bits per heavy atom. The highest BCUT2D eigenvalue weighted by molar-refractivity contribution is 6.08. The molecular formula is C22H22F3N5O3. The van der Waals surface area contributed by atoms with Crippen LogP contribution in [0.2, 0.25) is 0 Å². The Morgan fingerprint density at radius 2 is 1.76 bits per heavy atom. The lowest BCUT2D eigenvalue weighted by Gasteiger charge is -2.33. The Balaban J connectivity index is 1.41. The number of hydrogen-bond acceptors (Lipinski definition) is 5. The number of imide groups is 1. The smallest absolute Gasteiger partial charge is 0.312 e. The Kier molecular flexibility index (Phi) is 6.07. The number of halogens is 3. The molecule has 8 nitrogen and oxygen atoms in total. The molecule has 11 heteroatoms. The van der Waals surface area contributed by atoms with Gasteiger partial charge >= 0.3 is 12.2 Å². The number of urea groups is 1. The molecule has 1 aromatic carbocycles. The molecule has 1 atom stereocenters. The van der Waals surface area contributed by atoms with Gasteiger partial charge in [0.2, 0.25) is 11.4 Å². The standard InChI is InChI=1S/C22H22F3N5O3/c23-22(24,25)21(16-6-2-1-3-7-16)19(32)30(20(33)28-21)14-29-12-9-15(10-13-29)18(31)27-17-8-4-5-11-26-17/h1-8,11,15H,9-10,12-14H2,(H,28,33)(H,26,27,31). The first-order valence-corrected chi connectivity index (χ1v) is 10.4. The van der Waals surface area contributed by atoms with Crippen LogP contribution in [-0.4, -0.2) is 58.6 Å². The number of benzene rings is 1. The summed E-state index contributed by atoms with van der Waals surface area (Å²) in [5, 5.41) is 4.62. The normalized spacial score (nSPS) is 22.3. The maximum atomic E-state index is 14.1. The molecule has 1 unspecified atom stereocenters. The summed E-state index contributed by atoms with van der Waals surface area (Å²) in [5.41, 5.74) is -3.46. The number of nitrogens with one attached hydrogen (secondary N) is 2. The summed E-state index contributed by atoms with van der Waals surface area (Å²) in [6.45, 7) is 0.410. The van der Waals surface area contributed by atoms with Crippen molar-refractivity contribution in [3.8, 4) is 0 Å². The zero-order valence-corrected chi connectivity index (χ0v) is 17.5. The molecule has 2 aliphatic heterocycles. The SMILES string of the molecule is O=C(Nc1ccccn1)C1CCN(CN2C(=O)NC(c3ccccc3)(C(F)(F)F)C2=O)CC1. The molecule has 0 saturated carbocycles. The van der Waals surface area contributed by atoms with Crippen molar-refractivity contribution in [2.45, 2.75) is 24.6 Å². The Morgan fingerprint density at radius 3 is 2.36 bits per heavy atom. The van der Waals surface area contributed by atoms with Gasteiger partial charge in [0.15, 0.2) is 0 Å². The van der Waals surface area contributed by atoms with Crippen LogP contribution in [0.4, 0.5) is 23.8 Å². The van der Waals surface area contributed by atoms with Crippen molar-refractivity contribution in [2.24, 2.45) is 5.92 Å². The zero-order chi connectivity index (χ0) is 23.6. The molecule has 33 heavy (non-hydrogen) atoms. The number of alkyl halides is 3. The lowest BCUT2D eigenvalue weighted by atomic mass is 9.89. The second-order valence-corrected chi connectivity index (χ2v) is 8.02. The van der Waals surface area contributed by atoms with Crippen LogP contribution >= 0.6 is 0 Å². The third-order valence-electron chi connectivity index (χ3n) is 5.95. The first-order valence-electron chi connectivity index (χ1n) is 10.4.